The van der Waals surface area contributed by atoms with Gasteiger partial charge in [0.25, 0.3) is 0 Å². The van der Waals surface area contributed by atoms with E-state index in [4.69, 9.17) is 27.9 Å². The van der Waals surface area contributed by atoms with Gasteiger partial charge in [-0.25, -0.2) is 4.68 Å². The molecule has 0 saturated carbocycles. The molecular weight excluding hydrogens is 411 g/mol. The standard InChI is InChI=1S/C21H20Cl2N4O2/c22-15-6-7-18(19(23)12-15)20(26-8-10-29-11-9-26)21(28)25-16-13-24-27(14-16)17-4-2-1-3-5-17/h1-7,12-14,20H,8-11H2,(H,25,28). The van der Waals surface area contributed by atoms with Crippen molar-refractivity contribution >= 4 is 34.8 Å². The fourth-order valence-electron chi connectivity index (χ4n) is 3.38. The van der Waals surface area contributed by atoms with Gasteiger partial charge in [-0.15, -0.1) is 0 Å². The summed E-state index contributed by atoms with van der Waals surface area (Å²) in [5.74, 6) is -0.177. The van der Waals surface area contributed by atoms with Gasteiger partial charge in [-0.3, -0.25) is 9.69 Å². The van der Waals surface area contributed by atoms with Crippen LogP contribution in [0.4, 0.5) is 5.69 Å². The summed E-state index contributed by atoms with van der Waals surface area (Å²) in [6.07, 6.45) is 3.41. The average molecular weight is 431 g/mol. The van der Waals surface area contributed by atoms with Gasteiger partial charge in [0.2, 0.25) is 5.91 Å². The first-order valence-corrected chi connectivity index (χ1v) is 10.0. The molecule has 1 fully saturated rings. The number of aromatic nitrogens is 2. The van der Waals surface area contributed by atoms with Crippen LogP contribution in [0.15, 0.2) is 60.9 Å². The molecule has 1 N–H and O–H groups in total. The summed E-state index contributed by atoms with van der Waals surface area (Å²) >= 11 is 12.5. The first-order valence-electron chi connectivity index (χ1n) is 9.29. The zero-order chi connectivity index (χ0) is 20.2. The molecule has 8 heteroatoms. The van der Waals surface area contributed by atoms with Crippen LogP contribution in [-0.2, 0) is 9.53 Å². The highest BCUT2D eigenvalue weighted by atomic mass is 35.5. The van der Waals surface area contributed by atoms with Crippen molar-refractivity contribution in [3.05, 3.63) is 76.5 Å². The quantitative estimate of drug-likeness (QED) is 0.658. The summed E-state index contributed by atoms with van der Waals surface area (Å²) in [4.78, 5) is 15.3. The Kier molecular flexibility index (Phi) is 6.16. The highest BCUT2D eigenvalue weighted by Crippen LogP contribution is 2.31. The molecule has 2 aromatic carbocycles. The van der Waals surface area contributed by atoms with Crippen LogP contribution in [0.5, 0.6) is 0 Å². The summed E-state index contributed by atoms with van der Waals surface area (Å²) in [6, 6.07) is 14.4. The lowest BCUT2D eigenvalue weighted by molar-refractivity contribution is -0.123. The number of para-hydroxylation sites is 1. The minimum absolute atomic E-state index is 0.177. The Morgan fingerprint density at radius 1 is 1.10 bits per heavy atom. The summed E-state index contributed by atoms with van der Waals surface area (Å²) in [5.41, 5.74) is 2.24. The molecule has 2 heterocycles. The van der Waals surface area contributed by atoms with Gasteiger partial charge in [-0.05, 0) is 29.8 Å². The van der Waals surface area contributed by atoms with Gasteiger partial charge in [-0.1, -0.05) is 47.5 Å². The fraction of sp³-hybridized carbons (Fsp3) is 0.238. The van der Waals surface area contributed by atoms with Crippen LogP contribution in [-0.4, -0.2) is 46.9 Å². The van der Waals surface area contributed by atoms with E-state index in [2.05, 4.69) is 15.3 Å². The lowest BCUT2D eigenvalue weighted by Gasteiger charge is -2.34. The van der Waals surface area contributed by atoms with E-state index in [9.17, 15) is 4.79 Å². The first-order chi connectivity index (χ1) is 14.1. The maximum absolute atomic E-state index is 13.3. The average Bonchev–Trinajstić information content (AvgIpc) is 3.20. The minimum atomic E-state index is -0.552. The number of hydrogen-bond acceptors (Lipinski definition) is 4. The molecule has 1 atom stereocenters. The Morgan fingerprint density at radius 3 is 2.59 bits per heavy atom. The molecule has 1 amide bonds. The number of amides is 1. The van der Waals surface area contributed by atoms with Gasteiger partial charge >= 0.3 is 0 Å². The predicted octanol–water partition coefficient (Wildman–Crippen LogP) is 4.19. The maximum atomic E-state index is 13.3. The van der Waals surface area contributed by atoms with Crippen molar-refractivity contribution in [2.75, 3.05) is 31.6 Å². The number of benzene rings is 2. The minimum Gasteiger partial charge on any atom is -0.379 e. The van der Waals surface area contributed by atoms with E-state index >= 15 is 0 Å². The molecule has 1 saturated heterocycles. The van der Waals surface area contributed by atoms with Crippen LogP contribution in [0, 0.1) is 0 Å². The Bertz CT molecular complexity index is 987. The fourth-order valence-corrected chi connectivity index (χ4v) is 3.89. The topological polar surface area (TPSA) is 59.4 Å². The van der Waals surface area contributed by atoms with E-state index in [1.807, 2.05) is 30.3 Å². The van der Waals surface area contributed by atoms with Crippen LogP contribution in [0.25, 0.3) is 5.69 Å². The number of rotatable bonds is 5. The third-order valence-corrected chi connectivity index (χ3v) is 5.35. The third-order valence-electron chi connectivity index (χ3n) is 4.79. The van der Waals surface area contributed by atoms with Crippen molar-refractivity contribution in [1.82, 2.24) is 14.7 Å². The van der Waals surface area contributed by atoms with Gasteiger partial charge in [0.05, 0.1) is 37.0 Å². The predicted molar refractivity (Wildman–Crippen MR) is 114 cm³/mol. The molecule has 1 aliphatic heterocycles. The number of ether oxygens (including phenoxy) is 1. The number of nitrogens with one attached hydrogen (secondary N) is 1. The van der Waals surface area contributed by atoms with Crippen LogP contribution in [0.3, 0.4) is 0 Å². The highest BCUT2D eigenvalue weighted by Gasteiger charge is 2.31. The molecule has 0 aliphatic carbocycles. The lowest BCUT2D eigenvalue weighted by Crippen LogP contribution is -2.44. The van der Waals surface area contributed by atoms with Gasteiger partial charge < -0.3 is 10.1 Å². The van der Waals surface area contributed by atoms with Crippen molar-refractivity contribution < 1.29 is 9.53 Å². The molecule has 29 heavy (non-hydrogen) atoms. The zero-order valence-electron chi connectivity index (χ0n) is 15.6. The van der Waals surface area contributed by atoms with Crippen molar-refractivity contribution in [1.29, 1.82) is 0 Å². The van der Waals surface area contributed by atoms with Crippen molar-refractivity contribution in [2.45, 2.75) is 6.04 Å². The number of nitrogens with zero attached hydrogens (tertiary/aromatic N) is 3. The molecule has 0 spiro atoms. The second-order valence-electron chi connectivity index (χ2n) is 6.72. The maximum Gasteiger partial charge on any atom is 0.246 e. The van der Waals surface area contributed by atoms with Crippen LogP contribution < -0.4 is 5.32 Å². The zero-order valence-corrected chi connectivity index (χ0v) is 17.1. The van der Waals surface area contributed by atoms with E-state index < -0.39 is 6.04 Å². The van der Waals surface area contributed by atoms with E-state index in [0.717, 1.165) is 5.69 Å². The smallest absolute Gasteiger partial charge is 0.246 e. The number of hydrogen-bond donors (Lipinski definition) is 1. The number of morpholine rings is 1. The molecule has 4 rings (SSSR count). The first kappa shape index (κ1) is 19.9. The monoisotopic (exact) mass is 430 g/mol. The Hall–Kier alpha value is -2.38. The van der Waals surface area contributed by atoms with Gasteiger partial charge in [0.15, 0.2) is 0 Å². The second kappa shape index (κ2) is 8.97. The van der Waals surface area contributed by atoms with Crippen molar-refractivity contribution in [2.24, 2.45) is 0 Å². The highest BCUT2D eigenvalue weighted by molar-refractivity contribution is 6.35. The number of carbonyl (C=O) groups excluding carboxylic acids is 1. The molecule has 150 valence electrons. The molecule has 6 nitrogen and oxygen atoms in total. The Labute approximate surface area is 179 Å². The largest absolute Gasteiger partial charge is 0.379 e. The van der Waals surface area contributed by atoms with Crippen molar-refractivity contribution in [3.8, 4) is 5.69 Å². The summed E-state index contributed by atoms with van der Waals surface area (Å²) in [5, 5.41) is 8.31. The molecule has 3 aromatic rings. The summed E-state index contributed by atoms with van der Waals surface area (Å²) in [6.45, 7) is 2.42. The van der Waals surface area contributed by atoms with Gasteiger partial charge in [0, 0.05) is 23.1 Å². The molecule has 0 bridgehead atoms. The van der Waals surface area contributed by atoms with E-state index in [0.29, 0.717) is 47.6 Å². The lowest BCUT2D eigenvalue weighted by atomic mass is 10.0. The van der Waals surface area contributed by atoms with Crippen LogP contribution in [0.2, 0.25) is 10.0 Å². The molecule has 1 unspecified atom stereocenters. The molecule has 1 aromatic heterocycles. The second-order valence-corrected chi connectivity index (χ2v) is 7.56. The van der Waals surface area contributed by atoms with E-state index in [-0.39, 0.29) is 5.91 Å². The normalized spacial score (nSPS) is 15.8. The number of carbonyl (C=O) groups is 1. The van der Waals surface area contributed by atoms with Gasteiger partial charge in [-0.2, -0.15) is 5.10 Å². The SMILES string of the molecule is O=C(Nc1cnn(-c2ccccc2)c1)C(c1ccc(Cl)cc1Cl)N1CCOCC1. The number of anilines is 1. The van der Waals surface area contributed by atoms with Crippen molar-refractivity contribution in [3.63, 3.8) is 0 Å². The number of halogens is 2. The van der Waals surface area contributed by atoms with Gasteiger partial charge in [0.1, 0.15) is 6.04 Å². The Balaban J connectivity index is 1.59. The summed E-state index contributed by atoms with van der Waals surface area (Å²) in [7, 11) is 0. The van der Waals surface area contributed by atoms with Crippen LogP contribution in [0.1, 0.15) is 11.6 Å². The summed E-state index contributed by atoms with van der Waals surface area (Å²) < 4.78 is 7.16. The van der Waals surface area contributed by atoms with E-state index in [1.165, 1.54) is 0 Å². The van der Waals surface area contributed by atoms with Crippen LogP contribution >= 0.6 is 23.2 Å². The molecule has 1 aliphatic rings. The molecular formula is C21H20Cl2N4O2. The molecule has 0 radical (unpaired) electrons. The Morgan fingerprint density at radius 2 is 1.86 bits per heavy atom. The van der Waals surface area contributed by atoms with E-state index in [1.54, 1.807) is 35.3 Å². The third kappa shape index (κ3) is 4.62.